The van der Waals surface area contributed by atoms with Crippen LogP contribution < -0.4 is 4.90 Å². The van der Waals surface area contributed by atoms with E-state index in [4.69, 9.17) is 5.11 Å². The second-order valence-corrected chi connectivity index (χ2v) is 5.08. The van der Waals surface area contributed by atoms with E-state index in [2.05, 4.69) is 9.97 Å². The van der Waals surface area contributed by atoms with E-state index in [1.165, 1.54) is 9.80 Å². The van der Waals surface area contributed by atoms with Gasteiger partial charge in [0.15, 0.2) is 6.10 Å². The summed E-state index contributed by atoms with van der Waals surface area (Å²) in [6.45, 7) is 0.0953. The first-order valence-corrected chi connectivity index (χ1v) is 6.69. The molecule has 0 aromatic carbocycles. The maximum absolute atomic E-state index is 12.6. The molecular weight excluding hydrogens is 330 g/mol. The smallest absolute Gasteiger partial charge is 0.382 e. The van der Waals surface area contributed by atoms with Crippen LogP contribution in [0.25, 0.3) is 0 Å². The minimum Gasteiger partial charge on any atom is -0.382 e. The molecular formula is C12H14F6N4O. The summed E-state index contributed by atoms with van der Waals surface area (Å²) in [5.74, 6) is -0.115. The van der Waals surface area contributed by atoms with Crippen molar-refractivity contribution in [1.82, 2.24) is 14.9 Å². The number of aromatic nitrogens is 2. The minimum absolute atomic E-state index is 0.115. The lowest BCUT2D eigenvalue weighted by atomic mass is 10.2. The van der Waals surface area contributed by atoms with Crippen LogP contribution in [0.3, 0.4) is 0 Å². The van der Waals surface area contributed by atoms with Crippen LogP contribution in [0.2, 0.25) is 0 Å². The standard InChI is InChI=1S/C12H14F6N4O/c13-11(14,15)8-1-2-19-10(20-8)22-5-3-21(4-6-22)7-9(23)12(16,17)18/h1-2,9,23H,3-7H2/t9-/m1/s1. The van der Waals surface area contributed by atoms with Crippen LogP contribution in [0.5, 0.6) is 0 Å². The first-order chi connectivity index (χ1) is 10.6. The molecule has 1 saturated heterocycles. The van der Waals surface area contributed by atoms with Gasteiger partial charge in [-0.1, -0.05) is 0 Å². The third-order valence-electron chi connectivity index (χ3n) is 3.40. The van der Waals surface area contributed by atoms with Gasteiger partial charge in [-0.3, -0.25) is 4.90 Å². The average Bonchev–Trinajstić information content (AvgIpc) is 2.46. The highest BCUT2D eigenvalue weighted by Gasteiger charge is 2.39. The maximum atomic E-state index is 12.6. The summed E-state index contributed by atoms with van der Waals surface area (Å²) < 4.78 is 74.7. The Bertz CT molecular complexity index is 527. The second kappa shape index (κ2) is 6.48. The molecule has 1 N–H and O–H groups in total. The minimum atomic E-state index is -4.69. The third-order valence-corrected chi connectivity index (χ3v) is 3.40. The Labute approximate surface area is 127 Å². The van der Waals surface area contributed by atoms with E-state index in [1.54, 1.807) is 0 Å². The first kappa shape index (κ1) is 17.7. The number of β-amino-alcohol motifs (C(OH)–C–C–N with tert-alkyl or cyclic N) is 1. The molecule has 0 aliphatic carbocycles. The molecule has 0 unspecified atom stereocenters. The van der Waals surface area contributed by atoms with Gasteiger partial charge in [0, 0.05) is 38.9 Å². The van der Waals surface area contributed by atoms with Crippen molar-refractivity contribution in [1.29, 1.82) is 0 Å². The number of rotatable bonds is 3. The number of hydrogen-bond acceptors (Lipinski definition) is 5. The molecule has 1 aliphatic heterocycles. The van der Waals surface area contributed by atoms with Gasteiger partial charge in [-0.2, -0.15) is 26.3 Å². The zero-order chi connectivity index (χ0) is 17.3. The molecule has 1 aliphatic rings. The lowest BCUT2D eigenvalue weighted by Gasteiger charge is -2.35. The largest absolute Gasteiger partial charge is 0.433 e. The molecule has 2 rings (SSSR count). The summed E-state index contributed by atoms with van der Waals surface area (Å²) in [6.07, 6.45) is -10.7. The van der Waals surface area contributed by atoms with Crippen molar-refractivity contribution < 1.29 is 31.4 Å². The van der Waals surface area contributed by atoms with Crippen molar-refractivity contribution in [2.24, 2.45) is 0 Å². The summed E-state index contributed by atoms with van der Waals surface area (Å²) in [7, 11) is 0. The normalized spacial score (nSPS) is 19.0. The topological polar surface area (TPSA) is 52.5 Å². The van der Waals surface area contributed by atoms with Gasteiger partial charge in [0.25, 0.3) is 0 Å². The number of anilines is 1. The molecule has 0 saturated carbocycles. The zero-order valence-electron chi connectivity index (χ0n) is 11.8. The van der Waals surface area contributed by atoms with E-state index in [0.29, 0.717) is 0 Å². The Kier molecular flexibility index (Phi) is 4.99. The molecule has 1 aromatic rings. The summed E-state index contributed by atoms with van der Waals surface area (Å²) in [5, 5.41) is 9.02. The number of hydrogen-bond donors (Lipinski definition) is 1. The highest BCUT2D eigenvalue weighted by molar-refractivity contribution is 5.31. The Morgan fingerprint density at radius 3 is 2.22 bits per heavy atom. The quantitative estimate of drug-likeness (QED) is 0.843. The summed E-state index contributed by atoms with van der Waals surface area (Å²) in [5.41, 5.74) is -1.07. The van der Waals surface area contributed by atoms with E-state index >= 15 is 0 Å². The van der Waals surface area contributed by atoms with Crippen LogP contribution in [0.4, 0.5) is 32.3 Å². The fourth-order valence-electron chi connectivity index (χ4n) is 2.14. The summed E-state index contributed by atoms with van der Waals surface area (Å²) >= 11 is 0. The fourth-order valence-corrected chi connectivity index (χ4v) is 2.14. The Hall–Kier alpha value is -1.62. The SMILES string of the molecule is O[C@H](CN1CCN(c2nccc(C(F)(F)F)n2)CC1)C(F)(F)F. The number of aliphatic hydroxyl groups excluding tert-OH is 1. The lowest BCUT2D eigenvalue weighted by Crippen LogP contribution is -2.51. The molecule has 0 amide bonds. The molecule has 0 spiro atoms. The van der Waals surface area contributed by atoms with Gasteiger partial charge in [0.2, 0.25) is 5.95 Å². The predicted octanol–water partition coefficient (Wildman–Crippen LogP) is 1.54. The molecule has 23 heavy (non-hydrogen) atoms. The van der Waals surface area contributed by atoms with Crippen molar-refractivity contribution in [2.45, 2.75) is 18.5 Å². The molecule has 1 aromatic heterocycles. The van der Waals surface area contributed by atoms with E-state index in [0.717, 1.165) is 12.3 Å². The van der Waals surface area contributed by atoms with Crippen molar-refractivity contribution in [3.63, 3.8) is 0 Å². The monoisotopic (exact) mass is 344 g/mol. The van der Waals surface area contributed by atoms with Crippen LogP contribution in [-0.2, 0) is 6.18 Å². The van der Waals surface area contributed by atoms with Gasteiger partial charge in [-0.05, 0) is 6.07 Å². The van der Waals surface area contributed by atoms with E-state index in [1.807, 2.05) is 0 Å². The molecule has 5 nitrogen and oxygen atoms in total. The Morgan fingerprint density at radius 1 is 1.09 bits per heavy atom. The predicted molar refractivity (Wildman–Crippen MR) is 67.7 cm³/mol. The van der Waals surface area contributed by atoms with Crippen LogP contribution >= 0.6 is 0 Å². The maximum Gasteiger partial charge on any atom is 0.433 e. The molecule has 130 valence electrons. The number of nitrogens with zero attached hydrogens (tertiary/aromatic N) is 4. The Morgan fingerprint density at radius 2 is 1.70 bits per heavy atom. The van der Waals surface area contributed by atoms with Crippen molar-refractivity contribution in [2.75, 3.05) is 37.6 Å². The van der Waals surface area contributed by atoms with Crippen LogP contribution in [0.15, 0.2) is 12.3 Å². The molecule has 0 radical (unpaired) electrons. The van der Waals surface area contributed by atoms with Crippen LogP contribution in [-0.4, -0.2) is 65.0 Å². The van der Waals surface area contributed by atoms with E-state index in [-0.39, 0.29) is 32.1 Å². The summed E-state index contributed by atoms with van der Waals surface area (Å²) in [4.78, 5) is 10.1. The van der Waals surface area contributed by atoms with Crippen LogP contribution in [0, 0.1) is 0 Å². The number of alkyl halides is 6. The van der Waals surface area contributed by atoms with Gasteiger partial charge in [-0.25, -0.2) is 9.97 Å². The van der Waals surface area contributed by atoms with E-state index < -0.39 is 30.7 Å². The zero-order valence-corrected chi connectivity index (χ0v) is 11.8. The first-order valence-electron chi connectivity index (χ1n) is 6.69. The molecule has 0 bridgehead atoms. The average molecular weight is 344 g/mol. The van der Waals surface area contributed by atoms with E-state index in [9.17, 15) is 26.3 Å². The molecule has 1 atom stereocenters. The second-order valence-electron chi connectivity index (χ2n) is 5.08. The summed E-state index contributed by atoms with van der Waals surface area (Å²) in [6, 6.07) is 0.749. The van der Waals surface area contributed by atoms with Gasteiger partial charge < -0.3 is 10.0 Å². The molecule has 1 fully saturated rings. The van der Waals surface area contributed by atoms with Crippen molar-refractivity contribution in [3.05, 3.63) is 18.0 Å². The van der Waals surface area contributed by atoms with Crippen LogP contribution in [0.1, 0.15) is 5.69 Å². The van der Waals surface area contributed by atoms with Gasteiger partial charge in [0.1, 0.15) is 5.69 Å². The number of piperazine rings is 1. The number of halogens is 6. The van der Waals surface area contributed by atoms with Crippen molar-refractivity contribution >= 4 is 5.95 Å². The van der Waals surface area contributed by atoms with Gasteiger partial charge in [0.05, 0.1) is 0 Å². The Balaban J connectivity index is 1.95. The lowest BCUT2D eigenvalue weighted by molar-refractivity contribution is -0.208. The fraction of sp³-hybridized carbons (Fsp3) is 0.667. The number of aliphatic hydroxyl groups is 1. The molecule has 2 heterocycles. The third kappa shape index (κ3) is 4.67. The highest BCUT2D eigenvalue weighted by atomic mass is 19.4. The highest BCUT2D eigenvalue weighted by Crippen LogP contribution is 2.28. The van der Waals surface area contributed by atoms with Crippen molar-refractivity contribution in [3.8, 4) is 0 Å². The van der Waals surface area contributed by atoms with Gasteiger partial charge >= 0.3 is 12.4 Å². The molecule has 11 heteroatoms. The van der Waals surface area contributed by atoms with Gasteiger partial charge in [-0.15, -0.1) is 0 Å².